The predicted octanol–water partition coefficient (Wildman–Crippen LogP) is 1.18. The number of rotatable bonds is 2. The lowest BCUT2D eigenvalue weighted by Crippen LogP contribution is -2.23. The minimum atomic E-state index is -2.81. The van der Waals surface area contributed by atoms with Gasteiger partial charge in [-0.1, -0.05) is 7.43 Å². The first-order valence-electron chi connectivity index (χ1n) is 3.45. The van der Waals surface area contributed by atoms with E-state index in [4.69, 9.17) is 8.42 Å². The average Bonchev–Trinajstić information content (AvgIpc) is 1.88. The molecule has 0 radical (unpaired) electrons. The molecule has 0 fully saturated rings. The van der Waals surface area contributed by atoms with E-state index < -0.39 is 21.4 Å². The summed E-state index contributed by atoms with van der Waals surface area (Å²) >= 11 is -0.750. The molecule has 0 atom stereocenters. The molecular formula is C7H18O4S2. The van der Waals surface area contributed by atoms with Crippen LogP contribution in [0.4, 0.5) is 0 Å². The van der Waals surface area contributed by atoms with Gasteiger partial charge in [0.15, 0.2) is 9.84 Å². The van der Waals surface area contributed by atoms with Crippen molar-refractivity contribution in [2.24, 2.45) is 0 Å². The van der Waals surface area contributed by atoms with Gasteiger partial charge >= 0.3 is 11.6 Å². The maximum absolute atomic E-state index is 11.0. The normalized spacial score (nSPS) is 10.0. The van der Waals surface area contributed by atoms with Crippen LogP contribution < -0.4 is 0 Å². The Morgan fingerprint density at radius 1 is 0.923 bits per heavy atom. The second kappa shape index (κ2) is 8.37. The summed E-state index contributed by atoms with van der Waals surface area (Å²) in [5, 5.41) is -0.477. The third kappa shape index (κ3) is 8.11. The lowest BCUT2D eigenvalue weighted by molar-refractivity contribution is 0.578. The SMILES string of the molecule is C.CC(C)S(=O)(=O)C(C)C.O=S=O. The van der Waals surface area contributed by atoms with Crippen molar-refractivity contribution in [1.29, 1.82) is 0 Å². The first kappa shape index (κ1) is 18.5. The molecular weight excluding hydrogens is 212 g/mol. The minimum Gasteiger partial charge on any atom is -0.228 e. The Hall–Kier alpha value is -0.230. The number of sulfone groups is 1. The molecule has 0 rings (SSSR count). The van der Waals surface area contributed by atoms with Crippen molar-refractivity contribution >= 4 is 21.4 Å². The van der Waals surface area contributed by atoms with Gasteiger partial charge in [0.25, 0.3) is 0 Å². The van der Waals surface area contributed by atoms with Gasteiger partial charge in [-0.2, -0.15) is 8.42 Å². The van der Waals surface area contributed by atoms with E-state index in [0.717, 1.165) is 0 Å². The molecule has 0 N–H and O–H groups in total. The molecule has 0 aliphatic rings. The van der Waals surface area contributed by atoms with Crippen LogP contribution in [0.3, 0.4) is 0 Å². The first-order valence-corrected chi connectivity index (χ1v) is 5.72. The van der Waals surface area contributed by atoms with Crippen LogP contribution in [0, 0.1) is 0 Å². The smallest absolute Gasteiger partial charge is 0.228 e. The van der Waals surface area contributed by atoms with Crippen molar-refractivity contribution in [3.05, 3.63) is 0 Å². The van der Waals surface area contributed by atoms with Crippen molar-refractivity contribution in [1.82, 2.24) is 0 Å². The van der Waals surface area contributed by atoms with Crippen molar-refractivity contribution in [3.63, 3.8) is 0 Å². The van der Waals surface area contributed by atoms with E-state index in [1.54, 1.807) is 27.7 Å². The minimum absolute atomic E-state index is 0. The van der Waals surface area contributed by atoms with Gasteiger partial charge in [-0.25, -0.2) is 8.42 Å². The van der Waals surface area contributed by atoms with Gasteiger partial charge in [0.2, 0.25) is 0 Å². The fourth-order valence-corrected chi connectivity index (χ4v) is 1.63. The number of hydrogen-bond donors (Lipinski definition) is 0. The molecule has 0 amide bonds. The van der Waals surface area contributed by atoms with Crippen LogP contribution in [-0.2, 0) is 21.4 Å². The molecule has 13 heavy (non-hydrogen) atoms. The van der Waals surface area contributed by atoms with Crippen molar-refractivity contribution in [3.8, 4) is 0 Å². The molecule has 82 valence electrons. The van der Waals surface area contributed by atoms with E-state index in [9.17, 15) is 8.42 Å². The Kier molecular flexibility index (Phi) is 11.9. The van der Waals surface area contributed by atoms with Crippen molar-refractivity contribution < 1.29 is 16.8 Å². The van der Waals surface area contributed by atoms with Gasteiger partial charge in [0.05, 0.1) is 10.5 Å². The van der Waals surface area contributed by atoms with Gasteiger partial charge < -0.3 is 0 Å². The van der Waals surface area contributed by atoms with Gasteiger partial charge in [-0.05, 0) is 27.7 Å². The zero-order chi connectivity index (χ0) is 10.4. The molecule has 0 aliphatic heterocycles. The van der Waals surface area contributed by atoms with E-state index in [2.05, 4.69) is 0 Å². The van der Waals surface area contributed by atoms with Crippen LogP contribution in [-0.4, -0.2) is 27.3 Å². The fourth-order valence-electron chi connectivity index (χ4n) is 0.544. The van der Waals surface area contributed by atoms with Crippen LogP contribution in [0.5, 0.6) is 0 Å². The number of hydrogen-bond acceptors (Lipinski definition) is 4. The van der Waals surface area contributed by atoms with Crippen LogP contribution in [0.1, 0.15) is 35.1 Å². The van der Waals surface area contributed by atoms with E-state index in [-0.39, 0.29) is 17.9 Å². The maximum Gasteiger partial charge on any atom is 0.335 e. The predicted molar refractivity (Wildman–Crippen MR) is 54.8 cm³/mol. The highest BCUT2D eigenvalue weighted by molar-refractivity contribution is 7.92. The summed E-state index contributed by atoms with van der Waals surface area (Å²) < 4.78 is 38.6. The second-order valence-corrected chi connectivity index (χ2v) is 5.95. The zero-order valence-corrected chi connectivity index (χ0v) is 9.24. The largest absolute Gasteiger partial charge is 0.335 e. The molecule has 0 heterocycles. The summed E-state index contributed by atoms with van der Waals surface area (Å²) in [5.41, 5.74) is 0. The molecule has 0 bridgehead atoms. The van der Waals surface area contributed by atoms with Gasteiger partial charge in [-0.3, -0.25) is 0 Å². The van der Waals surface area contributed by atoms with Crippen LogP contribution in [0.2, 0.25) is 0 Å². The standard InChI is InChI=1S/C6H14O2S.CH4.O2S/c1-5(2)9(7,8)6(3)4;;1-3-2/h5-6H,1-4H3;1H4;. The summed E-state index contributed by atoms with van der Waals surface area (Å²) in [6.07, 6.45) is 0. The third-order valence-electron chi connectivity index (χ3n) is 1.31. The maximum atomic E-state index is 11.0. The van der Waals surface area contributed by atoms with Crippen LogP contribution >= 0.6 is 0 Å². The summed E-state index contributed by atoms with van der Waals surface area (Å²) in [4.78, 5) is 0. The van der Waals surface area contributed by atoms with Crippen molar-refractivity contribution in [2.75, 3.05) is 0 Å². The van der Waals surface area contributed by atoms with Gasteiger partial charge in [0.1, 0.15) is 0 Å². The highest BCUT2D eigenvalue weighted by Gasteiger charge is 2.19. The Morgan fingerprint density at radius 3 is 1.08 bits per heavy atom. The summed E-state index contributed by atoms with van der Waals surface area (Å²) in [6.45, 7) is 6.81. The van der Waals surface area contributed by atoms with E-state index in [1.165, 1.54) is 0 Å². The average molecular weight is 230 g/mol. The first-order chi connectivity index (χ1) is 5.30. The third-order valence-corrected chi connectivity index (χ3v) is 3.94. The highest BCUT2D eigenvalue weighted by Crippen LogP contribution is 2.06. The topological polar surface area (TPSA) is 68.3 Å². The molecule has 0 unspecified atom stereocenters. The molecule has 4 nitrogen and oxygen atoms in total. The van der Waals surface area contributed by atoms with E-state index in [0.29, 0.717) is 0 Å². The highest BCUT2D eigenvalue weighted by atomic mass is 32.2. The lowest BCUT2D eigenvalue weighted by atomic mass is 10.5. The molecule has 0 saturated heterocycles. The Labute approximate surface area is 84.3 Å². The van der Waals surface area contributed by atoms with Gasteiger partial charge in [0, 0.05) is 0 Å². The molecule has 6 heteroatoms. The van der Waals surface area contributed by atoms with Crippen LogP contribution in [0.25, 0.3) is 0 Å². The van der Waals surface area contributed by atoms with E-state index >= 15 is 0 Å². The summed E-state index contributed by atoms with van der Waals surface area (Å²) in [6, 6.07) is 0. The second-order valence-electron chi connectivity index (χ2n) is 2.75. The fraction of sp³-hybridized carbons (Fsp3) is 1.00. The molecule has 0 aliphatic carbocycles. The lowest BCUT2D eigenvalue weighted by Gasteiger charge is -2.09. The Balaban J connectivity index is -0.000000220. The monoisotopic (exact) mass is 230 g/mol. The molecule has 0 aromatic carbocycles. The van der Waals surface area contributed by atoms with Crippen LogP contribution in [0.15, 0.2) is 0 Å². The summed E-state index contributed by atoms with van der Waals surface area (Å²) in [7, 11) is -2.81. The van der Waals surface area contributed by atoms with E-state index in [1.807, 2.05) is 0 Å². The van der Waals surface area contributed by atoms with Gasteiger partial charge in [-0.15, -0.1) is 0 Å². The Morgan fingerprint density at radius 2 is 1.08 bits per heavy atom. The molecule has 0 aromatic rings. The molecule has 0 aromatic heterocycles. The zero-order valence-electron chi connectivity index (χ0n) is 7.60. The summed E-state index contributed by atoms with van der Waals surface area (Å²) in [5.74, 6) is 0. The Bertz CT molecular complexity index is 221. The molecule has 0 spiro atoms. The quantitative estimate of drug-likeness (QED) is 0.714. The van der Waals surface area contributed by atoms with Crippen molar-refractivity contribution in [2.45, 2.75) is 45.6 Å². The molecule has 0 saturated carbocycles.